The van der Waals surface area contributed by atoms with E-state index in [1.165, 1.54) is 12.1 Å². The van der Waals surface area contributed by atoms with Crippen LogP contribution in [0.3, 0.4) is 0 Å². The lowest BCUT2D eigenvalue weighted by Crippen LogP contribution is -2.42. The van der Waals surface area contributed by atoms with Gasteiger partial charge in [-0.2, -0.15) is 0 Å². The molecule has 110 valence electrons. The van der Waals surface area contributed by atoms with Crippen LogP contribution in [0.5, 0.6) is 0 Å². The van der Waals surface area contributed by atoms with Crippen LogP contribution in [0, 0.1) is 5.82 Å². The van der Waals surface area contributed by atoms with Crippen molar-refractivity contribution in [3.63, 3.8) is 0 Å². The maximum absolute atomic E-state index is 13.3. The van der Waals surface area contributed by atoms with Crippen LogP contribution in [-0.4, -0.2) is 39.7 Å². The number of amidine groups is 1. The van der Waals surface area contributed by atoms with Gasteiger partial charge in [-0.15, -0.1) is 0 Å². The van der Waals surface area contributed by atoms with E-state index in [1.807, 2.05) is 6.92 Å². The zero-order valence-corrected chi connectivity index (χ0v) is 11.5. The summed E-state index contributed by atoms with van der Waals surface area (Å²) in [6.45, 7) is 3.95. The molecule has 0 atom stereocenters. The zero-order valence-electron chi connectivity index (χ0n) is 11.5. The van der Waals surface area contributed by atoms with Crippen molar-refractivity contribution in [2.45, 2.75) is 31.9 Å². The third-order valence-corrected chi connectivity index (χ3v) is 3.78. The third kappa shape index (κ3) is 3.46. The lowest BCUT2D eigenvalue weighted by molar-refractivity contribution is -0.00731. The molecule has 0 aliphatic carbocycles. The summed E-state index contributed by atoms with van der Waals surface area (Å²) in [5.41, 5.74) is 6.20. The Bertz CT molecular complexity index is 507. The standard InChI is InChI=1S/C14H20FN3O2/c1-14(19)4-6-18(7-5-14)9-10-2-3-11(15)8-12(10)13(16)17-20/h2-3,8,19-20H,4-7,9H2,1H3,(H2,16,17). The first kappa shape index (κ1) is 14.7. The van der Waals surface area contributed by atoms with Crippen molar-refractivity contribution in [2.75, 3.05) is 13.1 Å². The first-order valence-electron chi connectivity index (χ1n) is 6.62. The normalized spacial score (nSPS) is 20.1. The second-order valence-corrected chi connectivity index (χ2v) is 5.56. The van der Waals surface area contributed by atoms with Crippen molar-refractivity contribution < 1.29 is 14.7 Å². The molecule has 1 heterocycles. The van der Waals surface area contributed by atoms with Gasteiger partial charge in [-0.3, -0.25) is 4.90 Å². The molecular formula is C14H20FN3O2. The molecule has 6 heteroatoms. The molecule has 0 saturated carbocycles. The summed E-state index contributed by atoms with van der Waals surface area (Å²) in [6, 6.07) is 4.28. The Morgan fingerprint density at radius 2 is 2.10 bits per heavy atom. The molecule has 20 heavy (non-hydrogen) atoms. The van der Waals surface area contributed by atoms with Gasteiger partial charge >= 0.3 is 0 Å². The summed E-state index contributed by atoms with van der Waals surface area (Å²) in [6.07, 6.45) is 1.40. The largest absolute Gasteiger partial charge is 0.409 e. The first-order chi connectivity index (χ1) is 9.41. The fourth-order valence-electron chi connectivity index (χ4n) is 2.41. The average Bonchev–Trinajstić information content (AvgIpc) is 2.42. The van der Waals surface area contributed by atoms with E-state index in [1.54, 1.807) is 6.07 Å². The summed E-state index contributed by atoms with van der Waals surface area (Å²) in [4.78, 5) is 2.17. The van der Waals surface area contributed by atoms with E-state index in [0.29, 0.717) is 24.9 Å². The van der Waals surface area contributed by atoms with Crippen molar-refractivity contribution in [2.24, 2.45) is 10.9 Å². The Labute approximate surface area is 117 Å². The van der Waals surface area contributed by atoms with E-state index in [2.05, 4.69) is 10.1 Å². The van der Waals surface area contributed by atoms with Gasteiger partial charge in [-0.25, -0.2) is 4.39 Å². The maximum Gasteiger partial charge on any atom is 0.170 e. The van der Waals surface area contributed by atoms with Crippen LogP contribution in [0.2, 0.25) is 0 Å². The summed E-state index contributed by atoms with van der Waals surface area (Å²) in [7, 11) is 0. The van der Waals surface area contributed by atoms with Gasteiger partial charge in [-0.05, 0) is 37.5 Å². The molecule has 2 rings (SSSR count). The highest BCUT2D eigenvalue weighted by atomic mass is 19.1. The van der Waals surface area contributed by atoms with Gasteiger partial charge in [0.15, 0.2) is 5.84 Å². The topological polar surface area (TPSA) is 82.1 Å². The van der Waals surface area contributed by atoms with Gasteiger partial charge in [0.2, 0.25) is 0 Å². The van der Waals surface area contributed by atoms with Crippen LogP contribution >= 0.6 is 0 Å². The molecule has 1 aliphatic rings. The highest BCUT2D eigenvalue weighted by molar-refractivity contribution is 5.98. The van der Waals surface area contributed by atoms with Gasteiger partial charge in [0.1, 0.15) is 5.82 Å². The number of rotatable bonds is 3. The third-order valence-electron chi connectivity index (χ3n) is 3.78. The number of nitrogens with two attached hydrogens (primary N) is 1. The molecule has 0 amide bonds. The summed E-state index contributed by atoms with van der Waals surface area (Å²) < 4.78 is 13.3. The Hall–Kier alpha value is -1.66. The number of aliphatic hydroxyl groups is 1. The van der Waals surface area contributed by atoms with Gasteiger partial charge < -0.3 is 16.0 Å². The Balaban J connectivity index is 2.14. The summed E-state index contributed by atoms with van der Waals surface area (Å²) in [5, 5.41) is 21.6. The number of piperidine rings is 1. The molecule has 5 nitrogen and oxygen atoms in total. The van der Waals surface area contributed by atoms with Gasteiger partial charge in [-0.1, -0.05) is 11.2 Å². The van der Waals surface area contributed by atoms with E-state index >= 15 is 0 Å². The summed E-state index contributed by atoms with van der Waals surface area (Å²) in [5.74, 6) is -0.513. The number of nitrogens with zero attached hydrogens (tertiary/aromatic N) is 2. The van der Waals surface area contributed by atoms with Crippen molar-refractivity contribution in [1.29, 1.82) is 0 Å². The Morgan fingerprint density at radius 3 is 2.70 bits per heavy atom. The van der Waals surface area contributed by atoms with Crippen LogP contribution in [-0.2, 0) is 6.54 Å². The number of halogens is 1. The Kier molecular flexibility index (Phi) is 4.25. The number of likely N-dealkylation sites (tertiary alicyclic amines) is 1. The van der Waals surface area contributed by atoms with Gasteiger partial charge in [0.05, 0.1) is 5.60 Å². The molecule has 1 aromatic rings. The second kappa shape index (κ2) is 5.76. The van der Waals surface area contributed by atoms with Crippen LogP contribution in [0.15, 0.2) is 23.4 Å². The molecular weight excluding hydrogens is 261 g/mol. The van der Waals surface area contributed by atoms with E-state index < -0.39 is 11.4 Å². The molecule has 1 saturated heterocycles. The van der Waals surface area contributed by atoms with E-state index in [4.69, 9.17) is 10.9 Å². The lowest BCUT2D eigenvalue weighted by atomic mass is 9.93. The van der Waals surface area contributed by atoms with Crippen LogP contribution in [0.4, 0.5) is 4.39 Å². The van der Waals surface area contributed by atoms with E-state index in [-0.39, 0.29) is 5.84 Å². The molecule has 0 bridgehead atoms. The number of oxime groups is 1. The average molecular weight is 281 g/mol. The number of hydrogen-bond donors (Lipinski definition) is 3. The quantitative estimate of drug-likeness (QED) is 0.337. The van der Waals surface area contributed by atoms with E-state index in [0.717, 1.165) is 18.7 Å². The molecule has 1 aromatic carbocycles. The molecule has 0 unspecified atom stereocenters. The first-order valence-corrected chi connectivity index (χ1v) is 6.62. The smallest absolute Gasteiger partial charge is 0.170 e. The lowest BCUT2D eigenvalue weighted by Gasteiger charge is -2.36. The SMILES string of the molecule is CC1(O)CCN(Cc2ccc(F)cc2/C(N)=N/O)CC1. The molecule has 4 N–H and O–H groups in total. The predicted octanol–water partition coefficient (Wildman–Crippen LogP) is 1.27. The minimum absolute atomic E-state index is 0.0940. The highest BCUT2D eigenvalue weighted by Crippen LogP contribution is 2.23. The molecule has 1 fully saturated rings. The minimum Gasteiger partial charge on any atom is -0.409 e. The maximum atomic E-state index is 13.3. The fraction of sp³-hybridized carbons (Fsp3) is 0.500. The molecule has 0 radical (unpaired) electrons. The monoisotopic (exact) mass is 281 g/mol. The second-order valence-electron chi connectivity index (χ2n) is 5.56. The number of benzene rings is 1. The van der Waals surface area contributed by atoms with Gasteiger partial charge in [0.25, 0.3) is 0 Å². The van der Waals surface area contributed by atoms with E-state index in [9.17, 15) is 9.50 Å². The van der Waals surface area contributed by atoms with Crippen molar-refractivity contribution in [3.05, 3.63) is 35.1 Å². The molecule has 0 aromatic heterocycles. The van der Waals surface area contributed by atoms with Crippen LogP contribution in [0.25, 0.3) is 0 Å². The molecule has 0 spiro atoms. The van der Waals surface area contributed by atoms with Crippen molar-refractivity contribution in [1.82, 2.24) is 4.90 Å². The van der Waals surface area contributed by atoms with Crippen LogP contribution < -0.4 is 5.73 Å². The zero-order chi connectivity index (χ0) is 14.8. The van der Waals surface area contributed by atoms with Crippen molar-refractivity contribution >= 4 is 5.84 Å². The fourth-order valence-corrected chi connectivity index (χ4v) is 2.41. The predicted molar refractivity (Wildman–Crippen MR) is 74.0 cm³/mol. The Morgan fingerprint density at radius 1 is 1.45 bits per heavy atom. The minimum atomic E-state index is -0.603. The van der Waals surface area contributed by atoms with Crippen LogP contribution in [0.1, 0.15) is 30.9 Å². The van der Waals surface area contributed by atoms with Crippen molar-refractivity contribution in [3.8, 4) is 0 Å². The highest BCUT2D eigenvalue weighted by Gasteiger charge is 2.27. The summed E-state index contributed by atoms with van der Waals surface area (Å²) >= 11 is 0. The molecule has 1 aliphatic heterocycles. The number of hydrogen-bond acceptors (Lipinski definition) is 4. The van der Waals surface area contributed by atoms with Gasteiger partial charge in [0, 0.05) is 25.2 Å².